The lowest BCUT2D eigenvalue weighted by Gasteiger charge is -2.34. The van der Waals surface area contributed by atoms with Crippen LogP contribution in [0.1, 0.15) is 5.82 Å². The van der Waals surface area contributed by atoms with Gasteiger partial charge in [-0.2, -0.15) is 8.82 Å². The predicted molar refractivity (Wildman–Crippen MR) is 103 cm³/mol. The standard InChI is InChI=1S/C17H18N8O2S/c1-12-20-21-15-4-5-16(22-25(12)15)23-7-9-24(10-8-23)28(26,27)14-11-19-17-13(14)3-2-6-18-17/h2-6,11H,7-10H2,1H3,(H,18,19). The van der Waals surface area contributed by atoms with Gasteiger partial charge >= 0.3 is 0 Å². The molecule has 0 saturated carbocycles. The van der Waals surface area contributed by atoms with E-state index in [1.54, 1.807) is 22.8 Å². The Morgan fingerprint density at radius 3 is 2.71 bits per heavy atom. The molecular formula is C17H18N8O2S. The van der Waals surface area contributed by atoms with Crippen molar-refractivity contribution in [2.45, 2.75) is 11.8 Å². The molecule has 4 aromatic rings. The van der Waals surface area contributed by atoms with Gasteiger partial charge in [0.15, 0.2) is 11.5 Å². The van der Waals surface area contributed by atoms with Gasteiger partial charge in [-0.25, -0.2) is 13.4 Å². The molecule has 4 aromatic heterocycles. The smallest absolute Gasteiger partial charge is 0.245 e. The zero-order valence-electron chi connectivity index (χ0n) is 15.1. The van der Waals surface area contributed by atoms with Crippen LogP contribution in [0.5, 0.6) is 0 Å². The zero-order valence-corrected chi connectivity index (χ0v) is 16.0. The summed E-state index contributed by atoms with van der Waals surface area (Å²) in [6.45, 7) is 3.72. The molecule has 1 aliphatic heterocycles. The van der Waals surface area contributed by atoms with Crippen LogP contribution in [0.15, 0.2) is 41.6 Å². The van der Waals surface area contributed by atoms with Gasteiger partial charge in [0.05, 0.1) is 0 Å². The first-order valence-corrected chi connectivity index (χ1v) is 10.3. The molecule has 0 spiro atoms. The van der Waals surface area contributed by atoms with Gasteiger partial charge in [-0.15, -0.1) is 15.3 Å². The van der Waals surface area contributed by atoms with Crippen molar-refractivity contribution >= 4 is 32.5 Å². The van der Waals surface area contributed by atoms with Crippen LogP contribution in [0, 0.1) is 6.92 Å². The van der Waals surface area contributed by atoms with Crippen LogP contribution in [0.3, 0.4) is 0 Å². The Labute approximate surface area is 160 Å². The maximum Gasteiger partial charge on any atom is 0.245 e. The van der Waals surface area contributed by atoms with E-state index in [0.29, 0.717) is 48.7 Å². The number of aromatic nitrogens is 6. The summed E-state index contributed by atoms with van der Waals surface area (Å²) < 4.78 is 29.4. The van der Waals surface area contributed by atoms with Crippen molar-refractivity contribution in [2.75, 3.05) is 31.1 Å². The topological polar surface area (TPSA) is 112 Å². The third-order valence-electron chi connectivity index (χ3n) is 5.00. The number of sulfonamides is 1. The van der Waals surface area contributed by atoms with E-state index in [0.717, 1.165) is 5.82 Å². The van der Waals surface area contributed by atoms with Gasteiger partial charge in [-0.3, -0.25) is 0 Å². The molecule has 0 unspecified atom stereocenters. The van der Waals surface area contributed by atoms with E-state index in [4.69, 9.17) is 0 Å². The molecular weight excluding hydrogens is 380 g/mol. The maximum atomic E-state index is 13.1. The van der Waals surface area contributed by atoms with Gasteiger partial charge in [-0.05, 0) is 31.2 Å². The molecule has 144 valence electrons. The lowest BCUT2D eigenvalue weighted by Crippen LogP contribution is -2.49. The van der Waals surface area contributed by atoms with Crippen LogP contribution >= 0.6 is 0 Å². The Bertz CT molecular complexity index is 1270. The lowest BCUT2D eigenvalue weighted by atomic mass is 10.3. The highest BCUT2D eigenvalue weighted by Gasteiger charge is 2.31. The minimum absolute atomic E-state index is 0.267. The SMILES string of the molecule is Cc1nnc2ccc(N3CCN(S(=O)(=O)c4c[nH]c5ncccc45)CC3)nn12. The number of aryl methyl sites for hydroxylation is 1. The highest BCUT2D eigenvalue weighted by atomic mass is 32.2. The average molecular weight is 398 g/mol. The summed E-state index contributed by atoms with van der Waals surface area (Å²) in [5.41, 5.74) is 1.26. The molecule has 0 aliphatic carbocycles. The highest BCUT2D eigenvalue weighted by Crippen LogP contribution is 2.26. The van der Waals surface area contributed by atoms with Crippen molar-refractivity contribution in [3.8, 4) is 0 Å². The molecule has 0 amide bonds. The second-order valence-corrected chi connectivity index (χ2v) is 8.56. The molecule has 0 atom stereocenters. The van der Waals surface area contributed by atoms with E-state index in [-0.39, 0.29) is 4.90 Å². The molecule has 11 heteroatoms. The molecule has 0 bridgehead atoms. The van der Waals surface area contributed by atoms with Crippen molar-refractivity contribution in [2.24, 2.45) is 0 Å². The van der Waals surface area contributed by atoms with Crippen LogP contribution in [0.25, 0.3) is 16.7 Å². The van der Waals surface area contributed by atoms with E-state index >= 15 is 0 Å². The largest absolute Gasteiger partial charge is 0.353 e. The molecule has 0 radical (unpaired) electrons. The molecule has 10 nitrogen and oxygen atoms in total. The number of fused-ring (bicyclic) bond motifs is 2. The van der Waals surface area contributed by atoms with Crippen molar-refractivity contribution in [1.82, 2.24) is 34.1 Å². The second-order valence-electron chi connectivity index (χ2n) is 6.65. The monoisotopic (exact) mass is 398 g/mol. The molecule has 0 aromatic carbocycles. The minimum Gasteiger partial charge on any atom is -0.353 e. The van der Waals surface area contributed by atoms with Crippen molar-refractivity contribution in [3.05, 3.63) is 42.5 Å². The number of nitrogens with zero attached hydrogens (tertiary/aromatic N) is 7. The zero-order chi connectivity index (χ0) is 19.3. The summed E-state index contributed by atoms with van der Waals surface area (Å²) in [6, 6.07) is 7.26. The van der Waals surface area contributed by atoms with Crippen LogP contribution in [0.4, 0.5) is 5.82 Å². The van der Waals surface area contributed by atoms with Crippen LogP contribution in [-0.2, 0) is 10.0 Å². The van der Waals surface area contributed by atoms with E-state index in [1.807, 2.05) is 19.1 Å². The molecule has 5 heterocycles. The maximum absolute atomic E-state index is 13.1. The van der Waals surface area contributed by atoms with Crippen molar-refractivity contribution in [3.63, 3.8) is 0 Å². The van der Waals surface area contributed by atoms with Gasteiger partial charge < -0.3 is 9.88 Å². The quantitative estimate of drug-likeness (QED) is 0.544. The van der Waals surface area contributed by atoms with Crippen LogP contribution < -0.4 is 4.90 Å². The van der Waals surface area contributed by atoms with Crippen molar-refractivity contribution in [1.29, 1.82) is 0 Å². The Morgan fingerprint density at radius 1 is 1.07 bits per heavy atom. The van der Waals surface area contributed by atoms with Gasteiger partial charge in [0, 0.05) is 44.0 Å². The van der Waals surface area contributed by atoms with E-state index < -0.39 is 10.0 Å². The molecule has 1 N–H and O–H groups in total. The summed E-state index contributed by atoms with van der Waals surface area (Å²) in [7, 11) is -3.59. The average Bonchev–Trinajstić information content (AvgIpc) is 3.32. The summed E-state index contributed by atoms with van der Waals surface area (Å²) in [5, 5.41) is 13.2. The number of nitrogens with one attached hydrogen (secondary N) is 1. The first-order chi connectivity index (χ1) is 13.5. The van der Waals surface area contributed by atoms with Crippen LogP contribution in [-0.4, -0.2) is 68.7 Å². The number of H-pyrrole nitrogens is 1. The van der Waals surface area contributed by atoms with Crippen molar-refractivity contribution < 1.29 is 8.42 Å². The third-order valence-corrected chi connectivity index (χ3v) is 6.94. The fourth-order valence-corrected chi connectivity index (χ4v) is 5.07. The number of aromatic amines is 1. The predicted octanol–water partition coefficient (Wildman–Crippen LogP) is 0.820. The Kier molecular flexibility index (Phi) is 3.81. The Hall–Kier alpha value is -3.05. The molecule has 1 fully saturated rings. The number of rotatable bonds is 3. The number of hydrogen-bond donors (Lipinski definition) is 1. The fraction of sp³-hybridized carbons (Fsp3) is 0.294. The summed E-state index contributed by atoms with van der Waals surface area (Å²) >= 11 is 0. The van der Waals surface area contributed by atoms with Gasteiger partial charge in [-0.1, -0.05) is 0 Å². The number of hydrogen-bond acceptors (Lipinski definition) is 7. The number of anilines is 1. The summed E-state index contributed by atoms with van der Waals surface area (Å²) in [5.74, 6) is 1.50. The second kappa shape index (κ2) is 6.24. The normalized spacial score (nSPS) is 16.2. The summed E-state index contributed by atoms with van der Waals surface area (Å²) in [6.07, 6.45) is 3.15. The van der Waals surface area contributed by atoms with E-state index in [9.17, 15) is 8.42 Å². The first-order valence-electron chi connectivity index (χ1n) is 8.90. The molecule has 5 rings (SSSR count). The van der Waals surface area contributed by atoms with Gasteiger partial charge in [0.1, 0.15) is 16.4 Å². The van der Waals surface area contributed by atoms with Gasteiger partial charge in [0.2, 0.25) is 10.0 Å². The Morgan fingerprint density at radius 2 is 1.89 bits per heavy atom. The van der Waals surface area contributed by atoms with E-state index in [1.165, 1.54) is 10.5 Å². The molecule has 1 aliphatic rings. The minimum atomic E-state index is -3.59. The van der Waals surface area contributed by atoms with Gasteiger partial charge in [0.25, 0.3) is 0 Å². The lowest BCUT2D eigenvalue weighted by molar-refractivity contribution is 0.383. The first kappa shape index (κ1) is 17.1. The third kappa shape index (κ3) is 2.62. The summed E-state index contributed by atoms with van der Waals surface area (Å²) in [4.78, 5) is 9.45. The highest BCUT2D eigenvalue weighted by molar-refractivity contribution is 7.89. The van der Waals surface area contributed by atoms with E-state index in [2.05, 4.69) is 30.2 Å². The number of piperazine rings is 1. The molecule has 1 saturated heterocycles. The Balaban J connectivity index is 1.38. The van der Waals surface area contributed by atoms with Crippen LogP contribution in [0.2, 0.25) is 0 Å². The number of pyridine rings is 1. The molecule has 28 heavy (non-hydrogen) atoms. The fourth-order valence-electron chi connectivity index (χ4n) is 3.50.